The molecule has 0 saturated heterocycles. The van der Waals surface area contributed by atoms with Crippen LogP contribution in [0.2, 0.25) is 6.55 Å². The Hall–Kier alpha value is 0.354. The fourth-order valence-corrected chi connectivity index (χ4v) is 1.23. The number of hydrogen-bond donors (Lipinski definition) is 1. The van der Waals surface area contributed by atoms with Crippen molar-refractivity contribution in [3.05, 3.63) is 0 Å². The Balaban J connectivity index is 2.86. The van der Waals surface area contributed by atoms with Crippen molar-refractivity contribution in [2.24, 2.45) is 0 Å². The molecule has 0 aliphatic carbocycles. The van der Waals surface area contributed by atoms with Gasteiger partial charge < -0.3 is 9.10 Å². The van der Waals surface area contributed by atoms with Crippen LogP contribution in [-0.2, 0) is 4.12 Å². The summed E-state index contributed by atoms with van der Waals surface area (Å²) in [6.45, 7) is 5.23. The van der Waals surface area contributed by atoms with E-state index in [2.05, 4.69) is 22.4 Å². The van der Waals surface area contributed by atoms with Crippen molar-refractivity contribution in [1.29, 1.82) is 0 Å². The molecule has 4 radical (unpaired) electrons. The predicted octanol–water partition coefficient (Wildman–Crippen LogP) is 0.204. The molecule has 0 aliphatic heterocycles. The van der Waals surface area contributed by atoms with E-state index in [0.717, 1.165) is 13.0 Å². The Morgan fingerprint density at radius 1 is 1.75 bits per heavy atom. The SMILES string of the molecule is CCCN[Si](C)O[Si]. The van der Waals surface area contributed by atoms with Crippen LogP contribution in [0.4, 0.5) is 0 Å². The van der Waals surface area contributed by atoms with Crippen LogP contribution in [0, 0.1) is 0 Å². The van der Waals surface area contributed by atoms with Crippen LogP contribution >= 0.6 is 0 Å². The summed E-state index contributed by atoms with van der Waals surface area (Å²) in [6.07, 6.45) is 1.16. The molecule has 0 rings (SSSR count). The van der Waals surface area contributed by atoms with Gasteiger partial charge >= 0.3 is 0 Å². The van der Waals surface area contributed by atoms with Crippen molar-refractivity contribution < 1.29 is 4.12 Å². The average Bonchev–Trinajstić information content (AvgIpc) is 1.83. The van der Waals surface area contributed by atoms with E-state index in [1.165, 1.54) is 0 Å². The molecule has 0 bridgehead atoms. The normalized spacial score (nSPS) is 10.5. The molecule has 0 saturated carbocycles. The quantitative estimate of drug-likeness (QED) is 0.571. The minimum Gasteiger partial charge on any atom is -0.445 e. The van der Waals surface area contributed by atoms with Gasteiger partial charge in [-0.3, -0.25) is 0 Å². The Morgan fingerprint density at radius 3 is 2.75 bits per heavy atom. The molecule has 0 spiro atoms. The maximum Gasteiger partial charge on any atom is 0.288 e. The zero-order valence-corrected chi connectivity index (χ0v) is 7.32. The van der Waals surface area contributed by atoms with E-state index in [9.17, 15) is 0 Å². The van der Waals surface area contributed by atoms with Crippen LogP contribution in [0.5, 0.6) is 0 Å². The third-order valence-corrected chi connectivity index (χ3v) is 2.75. The second-order valence-corrected chi connectivity index (χ2v) is 3.87. The van der Waals surface area contributed by atoms with Gasteiger partial charge in [0.15, 0.2) is 0 Å². The van der Waals surface area contributed by atoms with Gasteiger partial charge in [0.2, 0.25) is 10.5 Å². The lowest BCUT2D eigenvalue weighted by molar-refractivity contribution is 0.606. The minimum atomic E-state index is -0.728. The second kappa shape index (κ2) is 5.49. The highest BCUT2D eigenvalue weighted by Crippen LogP contribution is 1.75. The molecule has 0 aromatic carbocycles. The van der Waals surface area contributed by atoms with Gasteiger partial charge in [0, 0.05) is 0 Å². The third-order valence-electron chi connectivity index (χ3n) is 0.777. The molecule has 2 nitrogen and oxygen atoms in total. The lowest BCUT2D eigenvalue weighted by Gasteiger charge is -2.05. The van der Waals surface area contributed by atoms with Gasteiger partial charge in [-0.2, -0.15) is 0 Å². The van der Waals surface area contributed by atoms with E-state index in [1.54, 1.807) is 0 Å². The summed E-state index contributed by atoms with van der Waals surface area (Å²) < 4.78 is 4.85. The van der Waals surface area contributed by atoms with E-state index in [1.807, 2.05) is 6.55 Å². The van der Waals surface area contributed by atoms with Crippen LogP contribution in [0.3, 0.4) is 0 Å². The highest BCUT2D eigenvalue weighted by atomic mass is 28.3. The Bertz CT molecular complexity index is 53.3. The summed E-state index contributed by atoms with van der Waals surface area (Å²) >= 11 is 0. The predicted molar refractivity (Wildman–Crippen MR) is 36.8 cm³/mol. The standard InChI is InChI=1S/C4H11NOSi2/c1-3-4-5-8(2)6-7/h5H,3-4H2,1-2H3. The first-order valence-electron chi connectivity index (χ1n) is 2.72. The van der Waals surface area contributed by atoms with E-state index in [0.29, 0.717) is 0 Å². The molecular formula is C4H11NOSi2. The zero-order valence-electron chi connectivity index (χ0n) is 5.32. The molecule has 8 heavy (non-hydrogen) atoms. The molecular weight excluding hydrogens is 134 g/mol. The van der Waals surface area contributed by atoms with Crippen LogP contribution in [0.1, 0.15) is 13.3 Å². The molecule has 0 atom stereocenters. The van der Waals surface area contributed by atoms with Crippen LogP contribution in [0.15, 0.2) is 0 Å². The highest BCUT2D eigenvalue weighted by Gasteiger charge is 1.98. The lowest BCUT2D eigenvalue weighted by atomic mass is 10.5. The fourth-order valence-electron chi connectivity index (χ4n) is 0.337. The molecule has 0 unspecified atom stereocenters. The molecule has 4 heteroatoms. The highest BCUT2D eigenvalue weighted by molar-refractivity contribution is 6.51. The molecule has 0 fully saturated rings. The van der Waals surface area contributed by atoms with Crippen molar-refractivity contribution in [1.82, 2.24) is 4.98 Å². The van der Waals surface area contributed by atoms with Gasteiger partial charge in [0.25, 0.3) is 9.20 Å². The molecule has 1 N–H and O–H groups in total. The van der Waals surface area contributed by atoms with Gasteiger partial charge in [-0.25, -0.2) is 0 Å². The summed E-state index contributed by atoms with van der Waals surface area (Å²) in [5.41, 5.74) is 0. The lowest BCUT2D eigenvalue weighted by Crippen LogP contribution is -2.33. The summed E-state index contributed by atoms with van der Waals surface area (Å²) in [5.74, 6) is 0. The summed E-state index contributed by atoms with van der Waals surface area (Å²) in [6, 6.07) is 0. The number of hydrogen-bond acceptors (Lipinski definition) is 2. The Morgan fingerprint density at radius 2 is 2.38 bits per heavy atom. The van der Waals surface area contributed by atoms with Crippen molar-refractivity contribution in [2.45, 2.75) is 19.9 Å². The monoisotopic (exact) mass is 145 g/mol. The minimum absolute atomic E-state index is 0.728. The average molecular weight is 145 g/mol. The van der Waals surface area contributed by atoms with E-state index >= 15 is 0 Å². The smallest absolute Gasteiger partial charge is 0.288 e. The number of rotatable bonds is 4. The molecule has 0 aromatic heterocycles. The van der Waals surface area contributed by atoms with Crippen molar-refractivity contribution >= 4 is 19.7 Å². The Kier molecular flexibility index (Phi) is 5.73. The van der Waals surface area contributed by atoms with Crippen molar-refractivity contribution in [3.63, 3.8) is 0 Å². The first-order chi connectivity index (χ1) is 3.81. The molecule has 46 valence electrons. The van der Waals surface area contributed by atoms with Crippen molar-refractivity contribution in [3.8, 4) is 0 Å². The van der Waals surface area contributed by atoms with Gasteiger partial charge in [0.1, 0.15) is 0 Å². The topological polar surface area (TPSA) is 21.3 Å². The van der Waals surface area contributed by atoms with Gasteiger partial charge in [-0.15, -0.1) is 0 Å². The first kappa shape index (κ1) is 8.35. The van der Waals surface area contributed by atoms with Gasteiger partial charge in [-0.1, -0.05) is 6.92 Å². The summed E-state index contributed by atoms with van der Waals surface area (Å²) in [4.78, 5) is 3.21. The maximum absolute atomic E-state index is 4.85. The van der Waals surface area contributed by atoms with Crippen LogP contribution < -0.4 is 4.98 Å². The molecule has 0 heterocycles. The van der Waals surface area contributed by atoms with E-state index in [4.69, 9.17) is 4.12 Å². The second-order valence-electron chi connectivity index (χ2n) is 1.59. The number of nitrogens with one attached hydrogen (secondary N) is 1. The van der Waals surface area contributed by atoms with Gasteiger partial charge in [-0.05, 0) is 19.5 Å². The zero-order chi connectivity index (χ0) is 6.41. The van der Waals surface area contributed by atoms with Crippen LogP contribution in [0.25, 0.3) is 0 Å². The van der Waals surface area contributed by atoms with Crippen molar-refractivity contribution in [2.75, 3.05) is 6.54 Å². The van der Waals surface area contributed by atoms with Gasteiger partial charge in [0.05, 0.1) is 0 Å². The largest absolute Gasteiger partial charge is 0.445 e. The van der Waals surface area contributed by atoms with E-state index in [-0.39, 0.29) is 0 Å². The molecule has 0 aromatic rings. The van der Waals surface area contributed by atoms with Crippen LogP contribution in [-0.4, -0.2) is 26.2 Å². The fraction of sp³-hybridized carbons (Fsp3) is 1.00. The Labute approximate surface area is 56.0 Å². The first-order valence-corrected chi connectivity index (χ1v) is 5.04. The maximum atomic E-state index is 4.85. The van der Waals surface area contributed by atoms with E-state index < -0.39 is 9.20 Å². The summed E-state index contributed by atoms with van der Waals surface area (Å²) in [7, 11) is 2.24. The summed E-state index contributed by atoms with van der Waals surface area (Å²) in [5, 5.41) is 0. The molecule has 0 amide bonds. The molecule has 0 aliphatic rings. The third kappa shape index (κ3) is 4.51.